The molecule has 1 heterocycles. The molecule has 0 spiro atoms. The Kier molecular flexibility index (Phi) is 5.02. The van der Waals surface area contributed by atoms with Gasteiger partial charge in [-0.2, -0.15) is 0 Å². The van der Waals surface area contributed by atoms with Crippen molar-refractivity contribution in [2.24, 2.45) is 5.73 Å². The van der Waals surface area contributed by atoms with E-state index in [-0.39, 0.29) is 6.10 Å². The highest BCUT2D eigenvalue weighted by Gasteiger charge is 2.29. The number of amides is 1. The summed E-state index contributed by atoms with van der Waals surface area (Å²) in [6, 6.07) is 7.90. The third-order valence-electron chi connectivity index (χ3n) is 3.60. The van der Waals surface area contributed by atoms with Crippen LogP contribution in [0.5, 0.6) is 0 Å². The largest absolute Gasteiger partial charge is 0.367 e. The zero-order valence-corrected chi connectivity index (χ0v) is 12.6. The minimum atomic E-state index is -0.509. The Hall–Kier alpha value is -1.10. The molecule has 0 unspecified atom stereocenters. The van der Waals surface area contributed by atoms with Gasteiger partial charge in [-0.05, 0) is 30.5 Å². The van der Waals surface area contributed by atoms with E-state index in [1.165, 1.54) is 5.56 Å². The molecule has 5 heteroatoms. The Bertz CT molecular complexity index is 481. The first-order chi connectivity index (χ1) is 9.45. The molecule has 2 rings (SSSR count). The van der Waals surface area contributed by atoms with Gasteiger partial charge in [-0.3, -0.25) is 9.69 Å². The van der Waals surface area contributed by atoms with Gasteiger partial charge in [0.05, 0.1) is 6.10 Å². The van der Waals surface area contributed by atoms with Crippen LogP contribution in [-0.2, 0) is 9.53 Å². The molecular formula is C15H21ClN2O2. The van der Waals surface area contributed by atoms with Crippen molar-refractivity contribution in [2.45, 2.75) is 32.0 Å². The van der Waals surface area contributed by atoms with Gasteiger partial charge in [-0.25, -0.2) is 0 Å². The van der Waals surface area contributed by atoms with Gasteiger partial charge in [0, 0.05) is 24.7 Å². The zero-order valence-electron chi connectivity index (χ0n) is 11.9. The van der Waals surface area contributed by atoms with Crippen LogP contribution in [0.2, 0.25) is 5.02 Å². The van der Waals surface area contributed by atoms with Gasteiger partial charge in [0.1, 0.15) is 6.10 Å². The van der Waals surface area contributed by atoms with Gasteiger partial charge in [0.25, 0.3) is 0 Å². The third kappa shape index (κ3) is 3.95. The Morgan fingerprint density at radius 1 is 1.55 bits per heavy atom. The first-order valence-electron chi connectivity index (χ1n) is 6.88. The summed E-state index contributed by atoms with van der Waals surface area (Å²) in [5.41, 5.74) is 6.55. The lowest BCUT2D eigenvalue weighted by Gasteiger charge is -2.36. The van der Waals surface area contributed by atoms with E-state index < -0.39 is 12.0 Å². The lowest BCUT2D eigenvalue weighted by Crippen LogP contribution is -2.52. The fraction of sp³-hybridized carbons (Fsp3) is 0.533. The normalized spacial score (nSPS) is 25.4. The second-order valence-electron chi connectivity index (χ2n) is 5.51. The molecule has 3 atom stereocenters. The molecule has 1 aromatic carbocycles. The van der Waals surface area contributed by atoms with Crippen molar-refractivity contribution in [3.63, 3.8) is 0 Å². The first-order valence-corrected chi connectivity index (χ1v) is 7.26. The van der Waals surface area contributed by atoms with E-state index in [9.17, 15) is 4.79 Å². The fourth-order valence-corrected chi connectivity index (χ4v) is 2.85. The molecule has 1 aromatic rings. The number of benzene rings is 1. The Morgan fingerprint density at radius 3 is 2.95 bits per heavy atom. The Morgan fingerprint density at radius 2 is 2.30 bits per heavy atom. The highest BCUT2D eigenvalue weighted by atomic mass is 35.5. The Balaban J connectivity index is 1.99. The molecule has 20 heavy (non-hydrogen) atoms. The van der Waals surface area contributed by atoms with Crippen LogP contribution in [0.25, 0.3) is 0 Å². The molecular weight excluding hydrogens is 276 g/mol. The van der Waals surface area contributed by atoms with Gasteiger partial charge in [-0.1, -0.05) is 30.7 Å². The second-order valence-corrected chi connectivity index (χ2v) is 5.95. The minimum absolute atomic E-state index is 0.0211. The van der Waals surface area contributed by atoms with Crippen molar-refractivity contribution in [2.75, 3.05) is 19.6 Å². The number of primary amides is 1. The predicted molar refractivity (Wildman–Crippen MR) is 79.8 cm³/mol. The van der Waals surface area contributed by atoms with Crippen LogP contribution in [0.1, 0.15) is 25.3 Å². The van der Waals surface area contributed by atoms with Crippen molar-refractivity contribution in [1.82, 2.24) is 4.90 Å². The molecule has 0 bridgehead atoms. The van der Waals surface area contributed by atoms with Crippen molar-refractivity contribution in [3.05, 3.63) is 34.9 Å². The number of halogens is 1. The lowest BCUT2D eigenvalue weighted by molar-refractivity contribution is -0.142. The topological polar surface area (TPSA) is 55.6 Å². The van der Waals surface area contributed by atoms with E-state index in [1.54, 1.807) is 0 Å². The van der Waals surface area contributed by atoms with E-state index in [4.69, 9.17) is 22.1 Å². The summed E-state index contributed by atoms with van der Waals surface area (Å²) in [6.45, 7) is 6.36. The van der Waals surface area contributed by atoms with E-state index in [2.05, 4.69) is 17.9 Å². The molecule has 1 fully saturated rings. The van der Waals surface area contributed by atoms with Gasteiger partial charge >= 0.3 is 0 Å². The number of ether oxygens (including phenoxy) is 1. The summed E-state index contributed by atoms with van der Waals surface area (Å²) < 4.78 is 5.55. The van der Waals surface area contributed by atoms with E-state index in [0.29, 0.717) is 12.5 Å². The van der Waals surface area contributed by atoms with Crippen LogP contribution < -0.4 is 5.73 Å². The minimum Gasteiger partial charge on any atom is -0.367 e. The van der Waals surface area contributed by atoms with Crippen molar-refractivity contribution >= 4 is 17.5 Å². The summed E-state index contributed by atoms with van der Waals surface area (Å²) in [5.74, 6) is -0.0514. The van der Waals surface area contributed by atoms with Crippen LogP contribution >= 0.6 is 11.6 Å². The average Bonchev–Trinajstić information content (AvgIpc) is 2.37. The van der Waals surface area contributed by atoms with Crippen LogP contribution in [-0.4, -0.2) is 42.6 Å². The lowest BCUT2D eigenvalue weighted by atomic mass is 10.00. The predicted octanol–water partition coefficient (Wildman–Crippen LogP) is 2.02. The number of carbonyl (C=O) groups is 1. The van der Waals surface area contributed by atoms with E-state index >= 15 is 0 Å². The summed E-state index contributed by atoms with van der Waals surface area (Å²) in [7, 11) is 0. The fourth-order valence-electron chi connectivity index (χ4n) is 2.65. The highest BCUT2D eigenvalue weighted by Crippen LogP contribution is 2.22. The van der Waals surface area contributed by atoms with Gasteiger partial charge in [-0.15, -0.1) is 0 Å². The number of rotatable bonds is 4. The Labute approximate surface area is 124 Å². The first kappa shape index (κ1) is 15.3. The molecule has 0 aromatic heterocycles. The summed E-state index contributed by atoms with van der Waals surface area (Å²) in [6.07, 6.45) is -0.488. The van der Waals surface area contributed by atoms with Gasteiger partial charge < -0.3 is 10.5 Å². The van der Waals surface area contributed by atoms with Crippen molar-refractivity contribution in [3.8, 4) is 0 Å². The van der Waals surface area contributed by atoms with E-state index in [1.807, 2.05) is 25.1 Å². The number of carbonyl (C=O) groups excluding carboxylic acids is 1. The molecule has 0 saturated carbocycles. The summed E-state index contributed by atoms with van der Waals surface area (Å²) in [4.78, 5) is 13.5. The molecule has 2 N–H and O–H groups in total. The number of hydrogen-bond donors (Lipinski definition) is 1. The molecule has 0 aliphatic carbocycles. The molecule has 0 radical (unpaired) electrons. The van der Waals surface area contributed by atoms with Crippen LogP contribution in [0.4, 0.5) is 0 Å². The smallest absolute Gasteiger partial charge is 0.247 e. The van der Waals surface area contributed by atoms with Crippen LogP contribution in [0, 0.1) is 0 Å². The highest BCUT2D eigenvalue weighted by molar-refractivity contribution is 6.30. The van der Waals surface area contributed by atoms with E-state index in [0.717, 1.165) is 18.1 Å². The number of nitrogens with two attached hydrogens (primary N) is 1. The maximum atomic E-state index is 11.3. The standard InChI is InChI=1S/C15H21ClN2O2/c1-10(12-4-3-5-13(16)6-12)7-18-8-11(2)20-14(9-18)15(17)19/h3-6,10-11,14H,7-9H2,1-2H3,(H2,17,19)/t10-,11-,14+/m1/s1. The zero-order chi connectivity index (χ0) is 14.7. The maximum absolute atomic E-state index is 11.3. The summed E-state index contributed by atoms with van der Waals surface area (Å²) in [5, 5.41) is 0.750. The SMILES string of the molecule is C[C@@H]1CN(C[C@@H](C)c2cccc(Cl)c2)C[C@@H](C(N)=O)O1. The molecule has 1 amide bonds. The monoisotopic (exact) mass is 296 g/mol. The number of hydrogen-bond acceptors (Lipinski definition) is 3. The molecule has 110 valence electrons. The number of morpholine rings is 1. The van der Waals surface area contributed by atoms with Crippen LogP contribution in [0.15, 0.2) is 24.3 Å². The summed E-state index contributed by atoms with van der Waals surface area (Å²) >= 11 is 6.02. The molecule has 1 aliphatic rings. The molecule has 1 aliphatic heterocycles. The van der Waals surface area contributed by atoms with Gasteiger partial charge in [0.15, 0.2) is 0 Å². The van der Waals surface area contributed by atoms with Crippen LogP contribution in [0.3, 0.4) is 0 Å². The molecule has 1 saturated heterocycles. The van der Waals surface area contributed by atoms with Crippen molar-refractivity contribution < 1.29 is 9.53 Å². The quantitative estimate of drug-likeness (QED) is 0.925. The third-order valence-corrected chi connectivity index (χ3v) is 3.84. The van der Waals surface area contributed by atoms with Gasteiger partial charge in [0.2, 0.25) is 5.91 Å². The molecule has 4 nitrogen and oxygen atoms in total. The second kappa shape index (κ2) is 6.57. The van der Waals surface area contributed by atoms with Crippen molar-refractivity contribution in [1.29, 1.82) is 0 Å². The average molecular weight is 297 g/mol. The maximum Gasteiger partial charge on any atom is 0.247 e. The number of nitrogens with zero attached hydrogens (tertiary/aromatic N) is 1.